The third-order valence-electron chi connectivity index (χ3n) is 2.07. The molecule has 0 aliphatic rings. The SMILES string of the molecule is Cc1csc(C(C)Nc2nc(N)cc(Br)n2)n1. The highest BCUT2D eigenvalue weighted by molar-refractivity contribution is 9.10. The van der Waals surface area contributed by atoms with Gasteiger partial charge in [-0.05, 0) is 29.8 Å². The summed E-state index contributed by atoms with van der Waals surface area (Å²) in [6.45, 7) is 3.99. The molecule has 0 saturated carbocycles. The summed E-state index contributed by atoms with van der Waals surface area (Å²) < 4.78 is 0.662. The molecule has 0 saturated heterocycles. The van der Waals surface area contributed by atoms with E-state index >= 15 is 0 Å². The summed E-state index contributed by atoms with van der Waals surface area (Å²) in [6, 6.07) is 1.71. The molecule has 0 fully saturated rings. The minimum Gasteiger partial charge on any atom is -0.383 e. The van der Waals surface area contributed by atoms with Gasteiger partial charge in [0.2, 0.25) is 5.95 Å². The van der Waals surface area contributed by atoms with Crippen LogP contribution < -0.4 is 11.1 Å². The number of nitrogen functional groups attached to an aromatic ring is 1. The Balaban J connectivity index is 2.15. The predicted molar refractivity (Wildman–Crippen MR) is 73.0 cm³/mol. The Kier molecular flexibility index (Phi) is 3.58. The minimum atomic E-state index is 0.0578. The number of anilines is 2. The molecule has 1 unspecified atom stereocenters. The van der Waals surface area contributed by atoms with Crippen LogP contribution in [0.1, 0.15) is 23.7 Å². The molecule has 17 heavy (non-hydrogen) atoms. The van der Waals surface area contributed by atoms with Gasteiger partial charge in [-0.2, -0.15) is 4.98 Å². The average Bonchev–Trinajstić information content (AvgIpc) is 2.63. The number of hydrogen-bond acceptors (Lipinski definition) is 6. The Morgan fingerprint density at radius 1 is 1.41 bits per heavy atom. The van der Waals surface area contributed by atoms with E-state index in [2.05, 4.69) is 36.2 Å². The van der Waals surface area contributed by atoms with Gasteiger partial charge in [-0.1, -0.05) is 0 Å². The minimum absolute atomic E-state index is 0.0578. The lowest BCUT2D eigenvalue weighted by Crippen LogP contribution is -2.10. The molecule has 5 nitrogen and oxygen atoms in total. The van der Waals surface area contributed by atoms with Gasteiger partial charge in [-0.3, -0.25) is 0 Å². The number of rotatable bonds is 3. The Hall–Kier alpha value is -1.21. The molecule has 2 heterocycles. The topological polar surface area (TPSA) is 76.7 Å². The Morgan fingerprint density at radius 3 is 2.76 bits per heavy atom. The van der Waals surface area contributed by atoms with Gasteiger partial charge in [0, 0.05) is 17.1 Å². The zero-order valence-electron chi connectivity index (χ0n) is 9.44. The van der Waals surface area contributed by atoms with E-state index in [9.17, 15) is 0 Å². The first-order chi connectivity index (χ1) is 8.04. The molecule has 0 aliphatic carbocycles. The van der Waals surface area contributed by atoms with Crippen LogP contribution in [-0.4, -0.2) is 15.0 Å². The summed E-state index contributed by atoms with van der Waals surface area (Å²) >= 11 is 4.89. The van der Waals surface area contributed by atoms with Gasteiger partial charge in [0.05, 0.1) is 6.04 Å². The van der Waals surface area contributed by atoms with Gasteiger partial charge in [0.1, 0.15) is 15.4 Å². The highest BCUT2D eigenvalue weighted by Crippen LogP contribution is 2.21. The van der Waals surface area contributed by atoms with Crippen LogP contribution >= 0.6 is 27.3 Å². The number of thiazole rings is 1. The van der Waals surface area contributed by atoms with Crippen LogP contribution in [0.25, 0.3) is 0 Å². The van der Waals surface area contributed by atoms with Crippen LogP contribution in [0.2, 0.25) is 0 Å². The van der Waals surface area contributed by atoms with Crippen LogP contribution in [-0.2, 0) is 0 Å². The van der Waals surface area contributed by atoms with Crippen molar-refractivity contribution < 1.29 is 0 Å². The lowest BCUT2D eigenvalue weighted by molar-refractivity contribution is 0.843. The van der Waals surface area contributed by atoms with Crippen molar-refractivity contribution in [2.75, 3.05) is 11.1 Å². The van der Waals surface area contributed by atoms with Gasteiger partial charge in [0.15, 0.2) is 0 Å². The van der Waals surface area contributed by atoms with Gasteiger partial charge >= 0.3 is 0 Å². The van der Waals surface area contributed by atoms with Crippen LogP contribution in [0.3, 0.4) is 0 Å². The third kappa shape index (κ3) is 3.13. The summed E-state index contributed by atoms with van der Waals surface area (Å²) in [5.41, 5.74) is 6.67. The maximum atomic E-state index is 5.64. The van der Waals surface area contributed by atoms with Crippen molar-refractivity contribution in [3.8, 4) is 0 Å². The van der Waals surface area contributed by atoms with Crippen LogP contribution in [0.5, 0.6) is 0 Å². The normalized spacial score (nSPS) is 12.4. The highest BCUT2D eigenvalue weighted by atomic mass is 79.9. The van der Waals surface area contributed by atoms with Gasteiger partial charge < -0.3 is 11.1 Å². The molecule has 0 radical (unpaired) electrons. The molecular weight excluding hydrogens is 302 g/mol. The number of nitrogens with one attached hydrogen (secondary N) is 1. The summed E-state index contributed by atoms with van der Waals surface area (Å²) in [5, 5.41) is 6.19. The van der Waals surface area contributed by atoms with Crippen molar-refractivity contribution in [2.45, 2.75) is 19.9 Å². The first-order valence-electron chi connectivity index (χ1n) is 5.03. The van der Waals surface area contributed by atoms with E-state index in [0.717, 1.165) is 10.7 Å². The molecule has 1 atom stereocenters. The average molecular weight is 314 g/mol. The molecule has 2 aromatic heterocycles. The lowest BCUT2D eigenvalue weighted by Gasteiger charge is -2.11. The van der Waals surface area contributed by atoms with Crippen LogP contribution in [0.15, 0.2) is 16.0 Å². The number of aromatic nitrogens is 3. The summed E-state index contributed by atoms with van der Waals surface area (Å²) in [5.74, 6) is 0.925. The van der Waals surface area contributed by atoms with Gasteiger partial charge in [-0.25, -0.2) is 9.97 Å². The number of aryl methyl sites for hydroxylation is 1. The molecule has 90 valence electrons. The largest absolute Gasteiger partial charge is 0.383 e. The molecular formula is C10H12BrN5S. The molecule has 0 spiro atoms. The maximum Gasteiger partial charge on any atom is 0.226 e. The van der Waals surface area contributed by atoms with E-state index in [0.29, 0.717) is 16.4 Å². The van der Waals surface area contributed by atoms with E-state index in [-0.39, 0.29) is 6.04 Å². The first kappa shape index (κ1) is 12.3. The second-order valence-electron chi connectivity index (χ2n) is 3.63. The molecule has 2 rings (SSSR count). The second kappa shape index (κ2) is 4.97. The predicted octanol–water partition coefficient (Wildman–Crippen LogP) is 2.76. The molecule has 0 aliphatic heterocycles. The zero-order valence-corrected chi connectivity index (χ0v) is 11.8. The van der Waals surface area contributed by atoms with Gasteiger partial charge in [-0.15, -0.1) is 11.3 Å². The quantitative estimate of drug-likeness (QED) is 0.852. The molecule has 0 bridgehead atoms. The fourth-order valence-corrected chi connectivity index (χ4v) is 2.53. The fraction of sp³-hybridized carbons (Fsp3) is 0.300. The third-order valence-corrected chi connectivity index (χ3v) is 3.62. The van der Waals surface area contributed by atoms with E-state index in [1.165, 1.54) is 0 Å². The highest BCUT2D eigenvalue weighted by Gasteiger charge is 2.11. The number of hydrogen-bond donors (Lipinski definition) is 2. The van der Waals surface area contributed by atoms with Crippen molar-refractivity contribution >= 4 is 39.0 Å². The summed E-state index contributed by atoms with van der Waals surface area (Å²) in [7, 11) is 0. The zero-order chi connectivity index (χ0) is 12.4. The van der Waals surface area contributed by atoms with Crippen molar-refractivity contribution in [1.82, 2.24) is 15.0 Å². The van der Waals surface area contributed by atoms with Crippen molar-refractivity contribution in [3.63, 3.8) is 0 Å². The Morgan fingerprint density at radius 2 is 2.18 bits per heavy atom. The fourth-order valence-electron chi connectivity index (χ4n) is 1.33. The molecule has 0 amide bonds. The summed E-state index contributed by atoms with van der Waals surface area (Å²) in [4.78, 5) is 12.7. The number of halogens is 1. The molecule has 3 N–H and O–H groups in total. The van der Waals surface area contributed by atoms with Crippen molar-refractivity contribution in [1.29, 1.82) is 0 Å². The van der Waals surface area contributed by atoms with E-state index in [1.807, 2.05) is 19.2 Å². The Labute approximate surface area is 112 Å². The van der Waals surface area contributed by atoms with Crippen LogP contribution in [0, 0.1) is 6.92 Å². The van der Waals surface area contributed by atoms with E-state index in [4.69, 9.17) is 5.73 Å². The van der Waals surface area contributed by atoms with Crippen molar-refractivity contribution in [2.24, 2.45) is 0 Å². The lowest BCUT2D eigenvalue weighted by atomic mass is 10.3. The van der Waals surface area contributed by atoms with E-state index in [1.54, 1.807) is 17.4 Å². The van der Waals surface area contributed by atoms with Gasteiger partial charge in [0.25, 0.3) is 0 Å². The monoisotopic (exact) mass is 313 g/mol. The standard InChI is InChI=1S/C10H12BrN5S/c1-5-4-17-9(13-5)6(2)14-10-15-7(11)3-8(12)16-10/h3-4,6H,1-2H3,(H3,12,14,15,16). The molecule has 0 aromatic carbocycles. The first-order valence-corrected chi connectivity index (χ1v) is 6.70. The molecule has 7 heteroatoms. The number of nitrogens with zero attached hydrogens (tertiary/aromatic N) is 3. The second-order valence-corrected chi connectivity index (χ2v) is 5.33. The Bertz CT molecular complexity index is 507. The van der Waals surface area contributed by atoms with E-state index < -0.39 is 0 Å². The smallest absolute Gasteiger partial charge is 0.226 e. The van der Waals surface area contributed by atoms with Crippen LogP contribution in [0.4, 0.5) is 11.8 Å². The maximum absolute atomic E-state index is 5.64. The summed E-state index contributed by atoms with van der Waals surface area (Å²) in [6.07, 6.45) is 0. The molecule has 2 aromatic rings. The number of nitrogens with two attached hydrogens (primary N) is 1. The van der Waals surface area contributed by atoms with Crippen molar-refractivity contribution in [3.05, 3.63) is 26.8 Å².